The lowest BCUT2D eigenvalue weighted by Gasteiger charge is -2.17. The van der Waals surface area contributed by atoms with E-state index in [9.17, 15) is 9.59 Å². The van der Waals surface area contributed by atoms with Crippen molar-refractivity contribution >= 4 is 35.0 Å². The number of anilines is 2. The summed E-state index contributed by atoms with van der Waals surface area (Å²) in [4.78, 5) is 27.2. The maximum atomic E-state index is 12.7. The number of carbonyl (C=O) groups excluding carboxylic acids is 2. The fraction of sp³-hybridized carbons (Fsp3) is 0.320. The number of fused-ring (bicyclic) bond motifs is 4. The summed E-state index contributed by atoms with van der Waals surface area (Å²) in [5, 5.41) is 17.2. The van der Waals surface area contributed by atoms with Gasteiger partial charge in [0.2, 0.25) is 0 Å². The normalized spacial score (nSPS) is 20.3. The zero-order valence-electron chi connectivity index (χ0n) is 18.5. The van der Waals surface area contributed by atoms with Crippen LogP contribution in [0, 0.1) is 0 Å². The molecule has 1 unspecified atom stereocenters. The van der Waals surface area contributed by atoms with Gasteiger partial charge in [-0.3, -0.25) is 15.2 Å². The number of amides is 3. The summed E-state index contributed by atoms with van der Waals surface area (Å²) in [6.07, 6.45) is 3.82. The van der Waals surface area contributed by atoms with Crippen LogP contribution in [0.4, 0.5) is 16.3 Å². The van der Waals surface area contributed by atoms with Gasteiger partial charge in [0.05, 0.1) is 11.7 Å². The first-order chi connectivity index (χ1) is 16.5. The van der Waals surface area contributed by atoms with Crippen LogP contribution in [-0.4, -0.2) is 39.6 Å². The predicted octanol–water partition coefficient (Wildman–Crippen LogP) is 4.25. The Balaban J connectivity index is 1.06. The van der Waals surface area contributed by atoms with E-state index in [1.54, 1.807) is 0 Å². The molecule has 1 aliphatic carbocycles. The van der Waals surface area contributed by atoms with E-state index < -0.39 is 0 Å². The first kappa shape index (κ1) is 21.2. The van der Waals surface area contributed by atoms with Gasteiger partial charge in [0.25, 0.3) is 5.91 Å². The Hall–Kier alpha value is -3.36. The van der Waals surface area contributed by atoms with Gasteiger partial charge in [-0.25, -0.2) is 4.79 Å². The Morgan fingerprint density at radius 3 is 2.94 bits per heavy atom. The summed E-state index contributed by atoms with van der Waals surface area (Å²) in [5.74, 6) is 0.501. The number of hydrogen-bond acceptors (Lipinski definition) is 4. The van der Waals surface area contributed by atoms with E-state index >= 15 is 0 Å². The molecule has 0 spiro atoms. The third-order valence-corrected chi connectivity index (χ3v) is 7.22. The van der Waals surface area contributed by atoms with Gasteiger partial charge in [-0.2, -0.15) is 5.10 Å². The summed E-state index contributed by atoms with van der Waals surface area (Å²) >= 11 is 6.11. The number of nitrogens with zero attached hydrogens (tertiary/aromatic N) is 2. The lowest BCUT2D eigenvalue weighted by atomic mass is 10.0. The highest BCUT2D eigenvalue weighted by atomic mass is 35.5. The van der Waals surface area contributed by atoms with Gasteiger partial charge in [0, 0.05) is 47.0 Å². The van der Waals surface area contributed by atoms with Crippen molar-refractivity contribution in [2.24, 2.45) is 0 Å². The fourth-order valence-electron chi connectivity index (χ4n) is 5.46. The van der Waals surface area contributed by atoms with Gasteiger partial charge in [-0.15, -0.1) is 0 Å². The average molecular weight is 477 g/mol. The second-order valence-electron chi connectivity index (χ2n) is 9.18. The van der Waals surface area contributed by atoms with Crippen molar-refractivity contribution in [2.45, 2.75) is 44.3 Å². The van der Waals surface area contributed by atoms with Crippen LogP contribution in [0.3, 0.4) is 0 Å². The molecule has 0 bridgehead atoms. The first-order valence-corrected chi connectivity index (χ1v) is 12.0. The van der Waals surface area contributed by atoms with E-state index in [0.717, 1.165) is 48.5 Å². The largest absolute Gasteiger partial charge is 0.331 e. The van der Waals surface area contributed by atoms with Crippen molar-refractivity contribution in [1.29, 1.82) is 0 Å². The van der Waals surface area contributed by atoms with Crippen molar-refractivity contribution in [3.05, 3.63) is 75.4 Å². The molecule has 2 aliphatic heterocycles. The Morgan fingerprint density at radius 2 is 2.03 bits per heavy atom. The molecule has 1 saturated heterocycles. The molecule has 3 heterocycles. The van der Waals surface area contributed by atoms with Crippen LogP contribution in [0.25, 0.3) is 0 Å². The molecule has 3 aromatic rings. The Bertz CT molecular complexity index is 1290. The van der Waals surface area contributed by atoms with Crippen molar-refractivity contribution in [3.63, 3.8) is 0 Å². The first-order valence-electron chi connectivity index (χ1n) is 11.6. The predicted molar refractivity (Wildman–Crippen MR) is 130 cm³/mol. The minimum absolute atomic E-state index is 0.0551. The molecule has 6 rings (SSSR count). The molecule has 4 N–H and O–H groups in total. The van der Waals surface area contributed by atoms with E-state index in [0.29, 0.717) is 29.7 Å². The zero-order valence-corrected chi connectivity index (χ0v) is 19.3. The topological polar surface area (TPSA) is 102 Å². The Morgan fingerprint density at radius 1 is 1.15 bits per heavy atom. The number of nitrogens with one attached hydrogen (secondary N) is 4. The molecule has 3 amide bonds. The number of halogens is 1. The van der Waals surface area contributed by atoms with E-state index in [2.05, 4.69) is 32.2 Å². The number of aromatic amines is 1. The molecular formula is C25H25ClN6O2. The molecule has 34 heavy (non-hydrogen) atoms. The summed E-state index contributed by atoms with van der Waals surface area (Å²) in [7, 11) is 0. The highest BCUT2D eigenvalue weighted by Crippen LogP contribution is 2.44. The quantitative estimate of drug-likeness (QED) is 0.442. The van der Waals surface area contributed by atoms with Crippen molar-refractivity contribution in [1.82, 2.24) is 20.4 Å². The molecule has 1 fully saturated rings. The van der Waals surface area contributed by atoms with Gasteiger partial charge >= 0.3 is 6.03 Å². The Labute approximate surface area is 202 Å². The highest BCUT2D eigenvalue weighted by Gasteiger charge is 2.41. The Kier molecular flexibility index (Phi) is 5.27. The van der Waals surface area contributed by atoms with Crippen LogP contribution in [0.2, 0.25) is 5.02 Å². The van der Waals surface area contributed by atoms with Gasteiger partial charge in [0.15, 0.2) is 5.82 Å². The van der Waals surface area contributed by atoms with Crippen LogP contribution in [0.15, 0.2) is 42.5 Å². The molecule has 3 aliphatic rings. The average Bonchev–Trinajstić information content (AvgIpc) is 3.59. The molecular weight excluding hydrogens is 452 g/mol. The monoisotopic (exact) mass is 476 g/mol. The maximum absolute atomic E-state index is 12.7. The number of hydrogen-bond donors (Lipinski definition) is 4. The molecule has 0 saturated carbocycles. The SMILES string of the molecule is O=C(Nc1cc(CN[C@H]2Cc3ccc(Cl)cc3C2)[nH]n1)Nc1cccc2c1C1CCCN1C2=O. The molecule has 2 aromatic carbocycles. The van der Waals surface area contributed by atoms with Crippen molar-refractivity contribution in [2.75, 3.05) is 17.2 Å². The summed E-state index contributed by atoms with van der Waals surface area (Å²) in [5.41, 5.74) is 5.80. The lowest BCUT2D eigenvalue weighted by molar-refractivity contribution is 0.0776. The number of H-pyrrole nitrogens is 1. The molecule has 9 heteroatoms. The van der Waals surface area contributed by atoms with Gasteiger partial charge in [-0.05, 0) is 61.1 Å². The number of carbonyl (C=O) groups is 2. The van der Waals surface area contributed by atoms with Crippen LogP contribution in [0.1, 0.15) is 51.6 Å². The molecule has 8 nitrogen and oxygen atoms in total. The van der Waals surface area contributed by atoms with Crippen LogP contribution in [-0.2, 0) is 19.4 Å². The lowest BCUT2D eigenvalue weighted by Crippen LogP contribution is -2.29. The number of benzene rings is 2. The van der Waals surface area contributed by atoms with Crippen LogP contribution < -0.4 is 16.0 Å². The zero-order chi connectivity index (χ0) is 23.2. The van der Waals surface area contributed by atoms with E-state index in [1.165, 1.54) is 11.1 Å². The van der Waals surface area contributed by atoms with Crippen LogP contribution in [0.5, 0.6) is 0 Å². The van der Waals surface area contributed by atoms with Crippen LogP contribution >= 0.6 is 11.6 Å². The molecule has 2 atom stereocenters. The standard InChI is InChI=1S/C25H25ClN6O2/c26-16-7-6-14-10-17(11-15(14)9-16)27-13-18-12-22(31-30-18)29-25(34)28-20-4-1-3-19-23(20)21-5-2-8-32(21)24(19)33/h1,3-4,6-7,9,12,17,21,27H,2,5,8,10-11,13H2,(H3,28,29,30,31,34)/t17-,21?/m0/s1. The fourth-order valence-corrected chi connectivity index (χ4v) is 5.65. The number of rotatable bonds is 5. The molecule has 174 valence electrons. The smallest absolute Gasteiger partial charge is 0.324 e. The third kappa shape index (κ3) is 3.82. The maximum Gasteiger partial charge on any atom is 0.324 e. The molecule has 0 radical (unpaired) electrons. The van der Waals surface area contributed by atoms with E-state index in [4.69, 9.17) is 11.6 Å². The molecule has 1 aromatic heterocycles. The van der Waals surface area contributed by atoms with Gasteiger partial charge < -0.3 is 15.5 Å². The highest BCUT2D eigenvalue weighted by molar-refractivity contribution is 6.30. The number of urea groups is 1. The summed E-state index contributed by atoms with van der Waals surface area (Å²) in [6, 6.07) is 13.4. The van der Waals surface area contributed by atoms with Gasteiger partial charge in [0.1, 0.15) is 0 Å². The second kappa shape index (κ2) is 8.45. The van der Waals surface area contributed by atoms with E-state index in [-0.39, 0.29) is 18.0 Å². The van der Waals surface area contributed by atoms with Gasteiger partial charge in [-0.1, -0.05) is 23.7 Å². The number of aromatic nitrogens is 2. The van der Waals surface area contributed by atoms with E-state index in [1.807, 2.05) is 41.3 Å². The minimum Gasteiger partial charge on any atom is -0.331 e. The van der Waals surface area contributed by atoms with Crippen molar-refractivity contribution in [3.8, 4) is 0 Å². The summed E-state index contributed by atoms with van der Waals surface area (Å²) in [6.45, 7) is 1.39. The van der Waals surface area contributed by atoms with Crippen molar-refractivity contribution < 1.29 is 9.59 Å². The second-order valence-corrected chi connectivity index (χ2v) is 9.62. The minimum atomic E-state index is -0.383. The third-order valence-electron chi connectivity index (χ3n) is 6.99. The summed E-state index contributed by atoms with van der Waals surface area (Å²) < 4.78 is 0.